The molecule has 2 rings (SSSR count). The fourth-order valence-electron chi connectivity index (χ4n) is 1.26. The van der Waals surface area contributed by atoms with Crippen molar-refractivity contribution in [2.75, 3.05) is 0 Å². The largest absolute Gasteiger partial charge is 0.294 e. The molecule has 3 nitrogen and oxygen atoms in total. The lowest BCUT2D eigenvalue weighted by Gasteiger charge is -2.04. The molecule has 0 unspecified atom stereocenters. The first-order chi connectivity index (χ1) is 8.16. The van der Waals surface area contributed by atoms with Crippen LogP contribution in [0.5, 0.6) is 0 Å². The minimum absolute atomic E-state index is 0.0118. The van der Waals surface area contributed by atoms with Crippen LogP contribution in [0.25, 0.3) is 0 Å². The Hall–Kier alpha value is -1.20. The maximum absolute atomic E-state index is 11.4. The van der Waals surface area contributed by atoms with E-state index in [1.807, 2.05) is 12.1 Å². The van der Waals surface area contributed by atoms with Gasteiger partial charge in [0, 0.05) is 22.4 Å². The highest BCUT2D eigenvalue weighted by atomic mass is 79.9. The molecule has 0 aliphatic carbocycles. The van der Waals surface area contributed by atoms with Crippen molar-refractivity contribution < 1.29 is 4.79 Å². The number of hydrogen-bond acceptors (Lipinski definition) is 4. The monoisotopic (exact) mass is 308 g/mol. The van der Waals surface area contributed by atoms with E-state index >= 15 is 0 Å². The van der Waals surface area contributed by atoms with Gasteiger partial charge < -0.3 is 0 Å². The lowest BCUT2D eigenvalue weighted by atomic mass is 10.2. The van der Waals surface area contributed by atoms with E-state index in [9.17, 15) is 4.79 Å². The number of aromatic nitrogens is 2. The summed E-state index contributed by atoms with van der Waals surface area (Å²) in [5.74, 6) is 0.0118. The van der Waals surface area contributed by atoms with E-state index in [0.29, 0.717) is 10.6 Å². The number of nitrogens with zero attached hydrogens (tertiary/aromatic N) is 2. The molecule has 0 amide bonds. The summed E-state index contributed by atoms with van der Waals surface area (Å²) in [5.41, 5.74) is 0.627. The first-order valence-electron chi connectivity index (χ1n) is 4.92. The Labute approximate surface area is 112 Å². The normalized spacial score (nSPS) is 10.2. The fraction of sp³-hybridized carbons (Fsp3) is 0.0833. The second-order valence-corrected chi connectivity index (χ2v) is 5.25. The molecule has 17 heavy (non-hydrogen) atoms. The molecule has 0 aromatic carbocycles. The zero-order chi connectivity index (χ0) is 12.3. The van der Waals surface area contributed by atoms with Crippen LogP contribution in [0.4, 0.5) is 0 Å². The number of Topliss-reactive ketones (excluding diaryl/α,β-unsaturated/α-hetero) is 1. The third kappa shape index (κ3) is 3.14. The Balaban J connectivity index is 2.30. The van der Waals surface area contributed by atoms with Crippen LogP contribution in [0.2, 0.25) is 0 Å². The van der Waals surface area contributed by atoms with Crippen molar-refractivity contribution in [3.05, 3.63) is 46.7 Å². The van der Waals surface area contributed by atoms with Gasteiger partial charge >= 0.3 is 0 Å². The molecule has 0 atom stereocenters. The second-order valence-electron chi connectivity index (χ2n) is 3.33. The molecule has 2 heterocycles. The zero-order valence-corrected chi connectivity index (χ0v) is 11.5. The van der Waals surface area contributed by atoms with Gasteiger partial charge in [-0.2, -0.15) is 0 Å². The van der Waals surface area contributed by atoms with Crippen molar-refractivity contribution in [3.63, 3.8) is 0 Å². The van der Waals surface area contributed by atoms with Gasteiger partial charge in [0.05, 0.1) is 0 Å². The maximum Gasteiger partial charge on any atom is 0.162 e. The Morgan fingerprint density at radius 1 is 1.29 bits per heavy atom. The van der Waals surface area contributed by atoms with Crippen molar-refractivity contribution >= 4 is 33.5 Å². The summed E-state index contributed by atoms with van der Waals surface area (Å²) in [6.45, 7) is 1.54. The lowest BCUT2D eigenvalue weighted by Crippen LogP contribution is -1.97. The fourth-order valence-corrected chi connectivity index (χ4v) is 2.37. The topological polar surface area (TPSA) is 42.9 Å². The quantitative estimate of drug-likeness (QED) is 0.813. The predicted molar refractivity (Wildman–Crippen MR) is 70.3 cm³/mol. The first kappa shape index (κ1) is 12.3. The van der Waals surface area contributed by atoms with Gasteiger partial charge in [-0.1, -0.05) is 0 Å². The van der Waals surface area contributed by atoms with E-state index in [2.05, 4.69) is 25.9 Å². The van der Waals surface area contributed by atoms with Gasteiger partial charge in [-0.3, -0.25) is 4.79 Å². The van der Waals surface area contributed by atoms with E-state index < -0.39 is 0 Å². The molecule has 0 saturated carbocycles. The average Bonchev–Trinajstić information content (AvgIpc) is 2.32. The van der Waals surface area contributed by atoms with Gasteiger partial charge in [0.15, 0.2) is 5.78 Å². The van der Waals surface area contributed by atoms with Crippen molar-refractivity contribution in [1.29, 1.82) is 0 Å². The summed E-state index contributed by atoms with van der Waals surface area (Å²) in [4.78, 5) is 19.9. The van der Waals surface area contributed by atoms with Gasteiger partial charge in [0.2, 0.25) is 0 Å². The van der Waals surface area contributed by atoms with Crippen LogP contribution < -0.4 is 0 Å². The standard InChI is InChI=1S/C12H9BrN2OS/c1-8(16)10-3-2-6-14-12(10)17-11-5-4-9(13)7-15-11/h2-7H,1H3. The summed E-state index contributed by atoms with van der Waals surface area (Å²) in [7, 11) is 0. The highest BCUT2D eigenvalue weighted by molar-refractivity contribution is 9.10. The number of hydrogen-bond donors (Lipinski definition) is 0. The molecular formula is C12H9BrN2OS. The van der Waals surface area contributed by atoms with Crippen LogP contribution in [0.3, 0.4) is 0 Å². The van der Waals surface area contributed by atoms with Crippen LogP contribution in [0.15, 0.2) is 51.2 Å². The average molecular weight is 309 g/mol. The Bertz CT molecular complexity index is 542. The Morgan fingerprint density at radius 3 is 2.76 bits per heavy atom. The molecule has 0 fully saturated rings. The van der Waals surface area contributed by atoms with E-state index in [-0.39, 0.29) is 5.78 Å². The van der Waals surface area contributed by atoms with E-state index in [1.165, 1.54) is 18.7 Å². The molecule has 0 radical (unpaired) electrons. The molecule has 86 valence electrons. The van der Waals surface area contributed by atoms with Crippen molar-refractivity contribution in [1.82, 2.24) is 9.97 Å². The molecule has 0 N–H and O–H groups in total. The maximum atomic E-state index is 11.4. The summed E-state index contributed by atoms with van der Waals surface area (Å²) in [6, 6.07) is 7.32. The molecule has 0 bridgehead atoms. The van der Waals surface area contributed by atoms with E-state index in [0.717, 1.165) is 9.50 Å². The minimum atomic E-state index is 0.0118. The zero-order valence-electron chi connectivity index (χ0n) is 9.05. The molecule has 0 saturated heterocycles. The number of ketones is 1. The van der Waals surface area contributed by atoms with Crippen molar-refractivity contribution in [3.8, 4) is 0 Å². The highest BCUT2D eigenvalue weighted by Gasteiger charge is 2.09. The van der Waals surface area contributed by atoms with Gasteiger partial charge in [-0.05, 0) is 58.9 Å². The van der Waals surface area contributed by atoms with Gasteiger partial charge in [0.1, 0.15) is 10.1 Å². The molecule has 0 spiro atoms. The molecule has 0 aliphatic rings. The number of pyridine rings is 2. The molecule has 0 aliphatic heterocycles. The van der Waals surface area contributed by atoms with E-state index in [1.54, 1.807) is 24.5 Å². The van der Waals surface area contributed by atoms with Gasteiger partial charge in [-0.25, -0.2) is 9.97 Å². The molecule has 2 aromatic heterocycles. The predicted octanol–water partition coefficient (Wildman–Crippen LogP) is 3.59. The first-order valence-corrected chi connectivity index (χ1v) is 6.53. The summed E-state index contributed by atoms with van der Waals surface area (Å²) in [5, 5.41) is 1.50. The van der Waals surface area contributed by atoms with Crippen molar-refractivity contribution in [2.24, 2.45) is 0 Å². The molecular weight excluding hydrogens is 300 g/mol. The third-order valence-corrected chi connectivity index (χ3v) is 3.49. The number of rotatable bonds is 3. The van der Waals surface area contributed by atoms with Crippen LogP contribution in [0.1, 0.15) is 17.3 Å². The Kier molecular flexibility index (Phi) is 3.91. The third-order valence-electron chi connectivity index (χ3n) is 2.05. The smallest absolute Gasteiger partial charge is 0.162 e. The van der Waals surface area contributed by atoms with Crippen LogP contribution in [0, 0.1) is 0 Å². The summed E-state index contributed by atoms with van der Waals surface area (Å²) >= 11 is 4.71. The van der Waals surface area contributed by atoms with Crippen LogP contribution in [-0.4, -0.2) is 15.8 Å². The highest BCUT2D eigenvalue weighted by Crippen LogP contribution is 2.27. The van der Waals surface area contributed by atoms with Crippen LogP contribution >= 0.6 is 27.7 Å². The molecule has 5 heteroatoms. The Morgan fingerprint density at radius 2 is 2.12 bits per heavy atom. The minimum Gasteiger partial charge on any atom is -0.294 e. The second kappa shape index (κ2) is 5.42. The van der Waals surface area contributed by atoms with Gasteiger partial charge in [0.25, 0.3) is 0 Å². The van der Waals surface area contributed by atoms with E-state index in [4.69, 9.17) is 0 Å². The summed E-state index contributed by atoms with van der Waals surface area (Å²) in [6.07, 6.45) is 3.40. The lowest BCUT2D eigenvalue weighted by molar-refractivity contribution is 0.101. The number of carbonyl (C=O) groups is 1. The number of halogens is 1. The summed E-state index contributed by atoms with van der Waals surface area (Å²) < 4.78 is 0.926. The van der Waals surface area contributed by atoms with Gasteiger partial charge in [-0.15, -0.1) is 0 Å². The SMILES string of the molecule is CC(=O)c1cccnc1Sc1ccc(Br)cn1. The molecule has 2 aromatic rings. The number of carbonyl (C=O) groups excluding carboxylic acids is 1. The van der Waals surface area contributed by atoms with Crippen LogP contribution in [-0.2, 0) is 0 Å². The van der Waals surface area contributed by atoms with Crippen molar-refractivity contribution in [2.45, 2.75) is 17.0 Å².